The number of benzene rings is 3. The Balaban J connectivity index is 1.64. The smallest absolute Gasteiger partial charge is 0.150 e. The maximum atomic E-state index is 11.5. The van der Waals surface area contributed by atoms with Crippen molar-refractivity contribution in [3.8, 4) is 17.0 Å². The number of nitrogen functional groups attached to an aromatic ring is 1. The van der Waals surface area contributed by atoms with Crippen molar-refractivity contribution in [2.24, 2.45) is 10.2 Å². The number of aldehydes is 1. The molecule has 0 saturated carbocycles. The van der Waals surface area contributed by atoms with E-state index in [2.05, 4.69) is 15.2 Å². The van der Waals surface area contributed by atoms with Crippen LogP contribution in [0.3, 0.4) is 0 Å². The molecular weight excluding hydrogens is 388 g/mol. The number of aromatic nitrogens is 1. The van der Waals surface area contributed by atoms with Gasteiger partial charge in [0.2, 0.25) is 0 Å². The third-order valence-electron chi connectivity index (χ3n) is 4.77. The highest BCUT2D eigenvalue weighted by molar-refractivity contribution is 6.07. The van der Waals surface area contributed by atoms with Crippen molar-refractivity contribution in [3.05, 3.63) is 78.5 Å². The lowest BCUT2D eigenvalue weighted by molar-refractivity contribution is 0.112. The van der Waals surface area contributed by atoms with Crippen molar-refractivity contribution in [2.75, 3.05) is 5.73 Å². The number of ether oxygens (including phenoxy) is 1. The standard InChI is InChI=1S/C25H22N4O2/c1-16(2)31-24-10-6-5-9-21(24)22-12-11-18(14-27-22)28-29-23-13-17(15-30)19-7-3-4-8-20(19)25(23)26/h3-16H,26H2,1-2H3. The van der Waals surface area contributed by atoms with Crippen LogP contribution in [0.25, 0.3) is 22.0 Å². The van der Waals surface area contributed by atoms with Crippen LogP contribution >= 0.6 is 0 Å². The molecule has 0 amide bonds. The number of nitrogens with two attached hydrogens (primary N) is 1. The van der Waals surface area contributed by atoms with Crippen LogP contribution in [-0.4, -0.2) is 17.4 Å². The molecule has 0 atom stereocenters. The number of nitrogens with zero attached hydrogens (tertiary/aromatic N) is 3. The Morgan fingerprint density at radius 1 is 0.968 bits per heavy atom. The second kappa shape index (κ2) is 8.75. The van der Waals surface area contributed by atoms with Crippen LogP contribution in [0, 0.1) is 0 Å². The van der Waals surface area contributed by atoms with Crippen molar-refractivity contribution in [1.82, 2.24) is 4.98 Å². The zero-order chi connectivity index (χ0) is 21.8. The minimum Gasteiger partial charge on any atom is -0.490 e. The van der Waals surface area contributed by atoms with Gasteiger partial charge in [-0.15, -0.1) is 10.2 Å². The molecule has 0 aliphatic carbocycles. The maximum Gasteiger partial charge on any atom is 0.150 e. The molecule has 1 aromatic heterocycles. The summed E-state index contributed by atoms with van der Waals surface area (Å²) < 4.78 is 5.88. The monoisotopic (exact) mass is 410 g/mol. The van der Waals surface area contributed by atoms with Crippen molar-refractivity contribution < 1.29 is 9.53 Å². The maximum absolute atomic E-state index is 11.5. The average molecular weight is 410 g/mol. The van der Waals surface area contributed by atoms with Crippen molar-refractivity contribution in [3.63, 3.8) is 0 Å². The zero-order valence-corrected chi connectivity index (χ0v) is 17.3. The Hall–Kier alpha value is -4.06. The molecule has 0 radical (unpaired) electrons. The average Bonchev–Trinajstić information content (AvgIpc) is 2.79. The first-order valence-corrected chi connectivity index (χ1v) is 9.97. The lowest BCUT2D eigenvalue weighted by Crippen LogP contribution is -2.06. The molecule has 31 heavy (non-hydrogen) atoms. The van der Waals surface area contributed by atoms with Gasteiger partial charge in [-0.2, -0.15) is 0 Å². The van der Waals surface area contributed by atoms with E-state index in [1.807, 2.05) is 74.5 Å². The normalized spacial score (nSPS) is 11.3. The summed E-state index contributed by atoms with van der Waals surface area (Å²) in [5.74, 6) is 0.782. The third-order valence-corrected chi connectivity index (χ3v) is 4.77. The zero-order valence-electron chi connectivity index (χ0n) is 17.3. The molecule has 154 valence electrons. The van der Waals surface area contributed by atoms with E-state index in [1.54, 1.807) is 12.3 Å². The summed E-state index contributed by atoms with van der Waals surface area (Å²) in [4.78, 5) is 16.0. The van der Waals surface area contributed by atoms with Crippen LogP contribution in [0.15, 0.2) is 83.2 Å². The van der Waals surface area contributed by atoms with Gasteiger partial charge in [0.1, 0.15) is 17.1 Å². The van der Waals surface area contributed by atoms with Gasteiger partial charge in [-0.1, -0.05) is 36.4 Å². The van der Waals surface area contributed by atoms with E-state index in [0.717, 1.165) is 34.1 Å². The van der Waals surface area contributed by atoms with E-state index in [-0.39, 0.29) is 6.10 Å². The molecule has 0 aliphatic rings. The largest absolute Gasteiger partial charge is 0.490 e. The fraction of sp³-hybridized carbons (Fsp3) is 0.120. The lowest BCUT2D eigenvalue weighted by atomic mass is 10.0. The van der Waals surface area contributed by atoms with Crippen LogP contribution in [0.1, 0.15) is 24.2 Å². The number of carbonyl (C=O) groups excluding carboxylic acids is 1. The van der Waals surface area contributed by atoms with Gasteiger partial charge in [0, 0.05) is 16.5 Å². The second-order valence-corrected chi connectivity index (χ2v) is 7.33. The van der Waals surface area contributed by atoms with Crippen molar-refractivity contribution in [2.45, 2.75) is 20.0 Å². The Kier molecular flexibility index (Phi) is 5.71. The van der Waals surface area contributed by atoms with Crippen LogP contribution in [0.4, 0.5) is 17.1 Å². The van der Waals surface area contributed by atoms with Crippen LogP contribution in [0.2, 0.25) is 0 Å². The predicted molar refractivity (Wildman–Crippen MR) is 123 cm³/mol. The topological polar surface area (TPSA) is 89.9 Å². The quantitative estimate of drug-likeness (QED) is 0.223. The summed E-state index contributed by atoms with van der Waals surface area (Å²) in [5.41, 5.74) is 9.98. The Morgan fingerprint density at radius 2 is 1.71 bits per heavy atom. The van der Waals surface area contributed by atoms with Crippen molar-refractivity contribution in [1.29, 1.82) is 0 Å². The summed E-state index contributed by atoms with van der Waals surface area (Å²) in [5, 5.41) is 10.1. The Labute approximate surface area is 180 Å². The summed E-state index contributed by atoms with van der Waals surface area (Å²) >= 11 is 0. The highest BCUT2D eigenvalue weighted by Crippen LogP contribution is 2.35. The molecule has 3 aromatic carbocycles. The van der Waals surface area contributed by atoms with Crippen LogP contribution in [-0.2, 0) is 0 Å². The van der Waals surface area contributed by atoms with E-state index >= 15 is 0 Å². The first-order valence-electron chi connectivity index (χ1n) is 9.97. The molecule has 4 rings (SSSR count). The van der Waals surface area contributed by atoms with Gasteiger partial charge >= 0.3 is 0 Å². The molecule has 0 fully saturated rings. The highest BCUT2D eigenvalue weighted by Gasteiger charge is 2.10. The predicted octanol–water partition coefficient (Wildman–Crippen LogP) is 6.50. The minimum atomic E-state index is 0.0675. The molecule has 0 aliphatic heterocycles. The van der Waals surface area contributed by atoms with Crippen LogP contribution in [0.5, 0.6) is 5.75 Å². The molecule has 0 unspecified atom stereocenters. The van der Waals surface area contributed by atoms with Gasteiger partial charge in [-0.05, 0) is 49.6 Å². The number of para-hydroxylation sites is 1. The molecular formula is C25H22N4O2. The fourth-order valence-electron chi connectivity index (χ4n) is 3.34. The van der Waals surface area contributed by atoms with Crippen molar-refractivity contribution >= 4 is 34.1 Å². The summed E-state index contributed by atoms with van der Waals surface area (Å²) in [6.45, 7) is 3.98. The van der Waals surface area contributed by atoms with Gasteiger partial charge in [0.15, 0.2) is 6.29 Å². The number of rotatable bonds is 6. The van der Waals surface area contributed by atoms with Gasteiger partial charge in [-0.25, -0.2) is 0 Å². The Bertz CT molecular complexity index is 1260. The SMILES string of the molecule is CC(C)Oc1ccccc1-c1ccc(N=Nc2cc(C=O)c3ccccc3c2N)cn1. The molecule has 0 bridgehead atoms. The number of azo groups is 1. The summed E-state index contributed by atoms with van der Waals surface area (Å²) in [7, 11) is 0. The molecule has 2 N–H and O–H groups in total. The molecule has 4 aromatic rings. The van der Waals surface area contributed by atoms with Crippen LogP contribution < -0.4 is 10.5 Å². The summed E-state index contributed by atoms with van der Waals surface area (Å²) in [6, 6.07) is 20.6. The van der Waals surface area contributed by atoms with Gasteiger partial charge in [0.05, 0.1) is 23.7 Å². The van der Waals surface area contributed by atoms with Gasteiger partial charge in [0.25, 0.3) is 0 Å². The fourth-order valence-corrected chi connectivity index (χ4v) is 3.34. The first-order chi connectivity index (χ1) is 15.1. The van der Waals surface area contributed by atoms with E-state index in [0.29, 0.717) is 22.6 Å². The molecule has 0 spiro atoms. The summed E-state index contributed by atoms with van der Waals surface area (Å²) in [6.07, 6.45) is 2.51. The van der Waals surface area contributed by atoms with E-state index in [4.69, 9.17) is 10.5 Å². The number of pyridine rings is 1. The van der Waals surface area contributed by atoms with E-state index in [1.165, 1.54) is 0 Å². The van der Waals surface area contributed by atoms with E-state index in [9.17, 15) is 4.79 Å². The van der Waals surface area contributed by atoms with E-state index < -0.39 is 0 Å². The van der Waals surface area contributed by atoms with Gasteiger partial charge in [-0.3, -0.25) is 9.78 Å². The number of hydrogen-bond donors (Lipinski definition) is 1. The first kappa shape index (κ1) is 20.2. The number of carbonyl (C=O) groups is 1. The Morgan fingerprint density at radius 3 is 2.42 bits per heavy atom. The molecule has 6 heteroatoms. The molecule has 1 heterocycles. The van der Waals surface area contributed by atoms with Gasteiger partial charge < -0.3 is 10.5 Å². The third kappa shape index (κ3) is 4.28. The number of fused-ring (bicyclic) bond motifs is 1. The minimum absolute atomic E-state index is 0.0675. The number of hydrogen-bond acceptors (Lipinski definition) is 6. The lowest BCUT2D eigenvalue weighted by Gasteiger charge is -2.13. The second-order valence-electron chi connectivity index (χ2n) is 7.33. The number of anilines is 1. The highest BCUT2D eigenvalue weighted by atomic mass is 16.5. The molecule has 0 saturated heterocycles. The molecule has 6 nitrogen and oxygen atoms in total.